The van der Waals surface area contributed by atoms with Gasteiger partial charge in [0, 0.05) is 6.04 Å². The Morgan fingerprint density at radius 3 is 2.27 bits per heavy atom. The van der Waals surface area contributed by atoms with E-state index in [4.69, 9.17) is 5.73 Å². The van der Waals surface area contributed by atoms with Crippen molar-refractivity contribution in [1.82, 2.24) is 0 Å². The number of nitrogens with two attached hydrogens (primary N) is 1. The first kappa shape index (κ1) is 6.86. The summed E-state index contributed by atoms with van der Waals surface area (Å²) in [5, 5.41) is 0. The fraction of sp³-hybridized carbons (Fsp3) is 0.400. The van der Waals surface area contributed by atoms with Gasteiger partial charge in [-0.2, -0.15) is 0 Å². The third kappa shape index (κ3) is 1.16. The Hall–Kier alpha value is -0.820. The topological polar surface area (TPSA) is 26.0 Å². The van der Waals surface area contributed by atoms with Gasteiger partial charge >= 0.3 is 0 Å². The van der Waals surface area contributed by atoms with Crippen molar-refractivity contribution in [3.05, 3.63) is 35.9 Å². The highest BCUT2D eigenvalue weighted by molar-refractivity contribution is 5.23. The van der Waals surface area contributed by atoms with Gasteiger partial charge in [-0.15, -0.1) is 0 Å². The second kappa shape index (κ2) is 2.67. The molecule has 1 aliphatic rings. The third-order valence-electron chi connectivity index (χ3n) is 2.56. The first-order chi connectivity index (χ1) is 5.38. The first-order valence-corrected chi connectivity index (χ1v) is 4.18. The molecule has 0 spiro atoms. The summed E-state index contributed by atoms with van der Waals surface area (Å²) >= 11 is 0. The van der Waals surface area contributed by atoms with Crippen LogP contribution < -0.4 is 5.73 Å². The molecule has 0 heterocycles. The minimum atomic E-state index is 0.414. The third-order valence-corrected chi connectivity index (χ3v) is 2.56. The maximum absolute atomic E-state index is 5.85. The number of hydrogen-bond donors (Lipinski definition) is 1. The Balaban J connectivity index is 2.17. The minimum Gasteiger partial charge on any atom is -0.327 e. The molecular formula is C10H13N. The second-order valence-corrected chi connectivity index (χ2v) is 3.26. The molecule has 0 saturated heterocycles. The van der Waals surface area contributed by atoms with Gasteiger partial charge in [0.25, 0.3) is 0 Å². The van der Waals surface area contributed by atoms with E-state index in [-0.39, 0.29) is 0 Å². The molecule has 1 heteroatoms. The van der Waals surface area contributed by atoms with E-state index >= 15 is 0 Å². The van der Waals surface area contributed by atoms with Crippen molar-refractivity contribution in [1.29, 1.82) is 0 Å². The van der Waals surface area contributed by atoms with Gasteiger partial charge in [0.2, 0.25) is 0 Å². The maximum Gasteiger partial charge on any atom is 0.0108 e. The number of benzene rings is 1. The van der Waals surface area contributed by atoms with Crippen LogP contribution in [0.4, 0.5) is 0 Å². The van der Waals surface area contributed by atoms with Gasteiger partial charge in [-0.3, -0.25) is 0 Å². The lowest BCUT2D eigenvalue weighted by Gasteiger charge is -2.33. The molecule has 1 aliphatic carbocycles. The van der Waals surface area contributed by atoms with Crippen molar-refractivity contribution in [2.24, 2.45) is 5.73 Å². The molecule has 1 nitrogen and oxygen atoms in total. The predicted octanol–water partition coefficient (Wildman–Crippen LogP) is 1.89. The highest BCUT2D eigenvalue weighted by atomic mass is 14.7. The fourth-order valence-corrected chi connectivity index (χ4v) is 1.64. The van der Waals surface area contributed by atoms with Crippen LogP contribution in [0.3, 0.4) is 0 Å². The molecule has 1 saturated carbocycles. The summed E-state index contributed by atoms with van der Waals surface area (Å²) in [6, 6.07) is 11.0. The van der Waals surface area contributed by atoms with Crippen molar-refractivity contribution in [2.75, 3.05) is 0 Å². The van der Waals surface area contributed by atoms with Crippen LogP contribution in [0.25, 0.3) is 0 Å². The van der Waals surface area contributed by atoms with Crippen molar-refractivity contribution >= 4 is 0 Å². The normalized spacial score (nSPS) is 29.5. The molecular weight excluding hydrogens is 134 g/mol. The van der Waals surface area contributed by atoms with Gasteiger partial charge < -0.3 is 5.73 Å². The van der Waals surface area contributed by atoms with Crippen molar-refractivity contribution in [2.45, 2.75) is 24.8 Å². The second-order valence-electron chi connectivity index (χ2n) is 3.26. The minimum absolute atomic E-state index is 0.414. The molecule has 1 aromatic carbocycles. The van der Waals surface area contributed by atoms with Gasteiger partial charge in [-0.1, -0.05) is 30.3 Å². The van der Waals surface area contributed by atoms with Crippen molar-refractivity contribution < 1.29 is 0 Å². The van der Waals surface area contributed by atoms with E-state index in [1.807, 2.05) is 6.07 Å². The van der Waals surface area contributed by atoms with E-state index in [0.29, 0.717) is 12.0 Å². The Labute approximate surface area is 67.2 Å². The molecule has 1 aromatic rings. The van der Waals surface area contributed by atoms with Gasteiger partial charge in [0.15, 0.2) is 0 Å². The molecule has 0 bridgehead atoms. The van der Waals surface area contributed by atoms with Crippen LogP contribution in [0.1, 0.15) is 24.3 Å². The van der Waals surface area contributed by atoms with Gasteiger partial charge in [-0.25, -0.2) is 0 Å². The summed E-state index contributed by atoms with van der Waals surface area (Å²) < 4.78 is 0. The summed E-state index contributed by atoms with van der Waals surface area (Å²) in [4.78, 5) is 0. The largest absolute Gasteiger partial charge is 0.327 e. The van der Waals surface area contributed by atoms with E-state index in [1.54, 1.807) is 0 Å². The van der Waals surface area contributed by atoms with E-state index < -0.39 is 0 Å². The van der Waals surface area contributed by atoms with E-state index in [0.717, 1.165) is 0 Å². The molecule has 11 heavy (non-hydrogen) atoms. The Morgan fingerprint density at radius 2 is 1.82 bits per heavy atom. The molecule has 0 radical (unpaired) electrons. The van der Waals surface area contributed by atoms with Gasteiger partial charge in [-0.05, 0) is 24.3 Å². The lowest BCUT2D eigenvalue weighted by atomic mass is 9.76. The number of hydrogen-bond acceptors (Lipinski definition) is 1. The average Bonchev–Trinajstić information content (AvgIpc) is 2.04. The summed E-state index contributed by atoms with van der Waals surface area (Å²) in [5.74, 6) is 0.635. The summed E-state index contributed by atoms with van der Waals surface area (Å²) in [6.07, 6.45) is 2.46. The van der Waals surface area contributed by atoms with Crippen LogP contribution in [0.15, 0.2) is 30.3 Å². The van der Waals surface area contributed by atoms with Gasteiger partial charge in [0.05, 0.1) is 0 Å². The first-order valence-electron chi connectivity index (χ1n) is 4.18. The lowest BCUT2D eigenvalue weighted by molar-refractivity contribution is 0.347. The van der Waals surface area contributed by atoms with E-state index in [2.05, 4.69) is 24.3 Å². The van der Waals surface area contributed by atoms with Crippen LogP contribution in [0.2, 0.25) is 0 Å². The van der Waals surface area contributed by atoms with Crippen molar-refractivity contribution in [3.8, 4) is 0 Å². The predicted molar refractivity (Wildman–Crippen MR) is 46.4 cm³/mol. The Bertz CT molecular complexity index is 230. The monoisotopic (exact) mass is 147 g/mol. The summed E-state index contributed by atoms with van der Waals surface area (Å²) in [7, 11) is 0. The molecule has 0 aromatic heterocycles. The number of rotatable bonds is 1. The summed E-state index contributed by atoms with van der Waals surface area (Å²) in [5.41, 5.74) is 7.26. The maximum atomic E-state index is 5.85. The zero-order valence-corrected chi connectivity index (χ0v) is 6.53. The zero-order chi connectivity index (χ0) is 7.68. The summed E-state index contributed by atoms with van der Waals surface area (Å²) in [6.45, 7) is 0. The van der Waals surface area contributed by atoms with Crippen LogP contribution in [-0.4, -0.2) is 6.04 Å². The average molecular weight is 147 g/mol. The van der Waals surface area contributed by atoms with Gasteiger partial charge in [0.1, 0.15) is 0 Å². The zero-order valence-electron chi connectivity index (χ0n) is 6.53. The van der Waals surface area contributed by atoms with Crippen LogP contribution in [0.5, 0.6) is 0 Å². The van der Waals surface area contributed by atoms with Crippen LogP contribution >= 0.6 is 0 Å². The molecule has 58 valence electrons. The smallest absolute Gasteiger partial charge is 0.0108 e. The van der Waals surface area contributed by atoms with E-state index in [1.165, 1.54) is 18.4 Å². The highest BCUT2D eigenvalue weighted by Crippen LogP contribution is 2.34. The molecule has 2 N–H and O–H groups in total. The molecule has 0 aliphatic heterocycles. The molecule has 0 amide bonds. The quantitative estimate of drug-likeness (QED) is 0.645. The fourth-order valence-electron chi connectivity index (χ4n) is 1.64. The van der Waals surface area contributed by atoms with E-state index in [9.17, 15) is 0 Å². The molecule has 1 unspecified atom stereocenters. The SMILES string of the molecule is NC1CC[C@@H]1c1ccccc1. The Morgan fingerprint density at radius 1 is 1.09 bits per heavy atom. The molecule has 2 atom stereocenters. The highest BCUT2D eigenvalue weighted by Gasteiger charge is 2.28. The lowest BCUT2D eigenvalue weighted by Crippen LogP contribution is -2.37. The van der Waals surface area contributed by atoms with Crippen LogP contribution in [0, 0.1) is 0 Å². The standard InChI is InChI=1S/C10H13N/c11-10-7-6-9(10)8-4-2-1-3-5-8/h1-5,9-10H,6-7,11H2/t9-,10?/m1/s1. The molecule has 1 fully saturated rings. The molecule has 2 rings (SSSR count). The van der Waals surface area contributed by atoms with Crippen LogP contribution in [-0.2, 0) is 0 Å². The Kier molecular flexibility index (Phi) is 1.66. The van der Waals surface area contributed by atoms with Crippen molar-refractivity contribution in [3.63, 3.8) is 0 Å².